The molecule has 0 saturated heterocycles. The number of anilines is 1. The van der Waals surface area contributed by atoms with E-state index < -0.39 is 11.9 Å². The molecule has 23 heavy (non-hydrogen) atoms. The molecule has 0 spiro atoms. The fraction of sp³-hybridized carbons (Fsp3) is 0.385. The summed E-state index contributed by atoms with van der Waals surface area (Å²) < 4.78 is 38.0. The number of halogens is 3. The van der Waals surface area contributed by atoms with Crippen molar-refractivity contribution in [2.24, 2.45) is 0 Å². The van der Waals surface area contributed by atoms with Gasteiger partial charge in [0.1, 0.15) is 5.69 Å². The highest BCUT2D eigenvalue weighted by atomic mass is 32.2. The highest BCUT2D eigenvalue weighted by Gasteiger charge is 2.33. The lowest BCUT2D eigenvalue weighted by Gasteiger charge is -2.08. The van der Waals surface area contributed by atoms with Gasteiger partial charge in [0.2, 0.25) is 5.91 Å². The molecule has 2 aromatic rings. The average Bonchev–Trinajstić information content (AvgIpc) is 2.95. The van der Waals surface area contributed by atoms with Crippen LogP contribution >= 0.6 is 23.1 Å². The fourth-order valence-corrected chi connectivity index (χ4v) is 3.00. The molecule has 0 atom stereocenters. The summed E-state index contributed by atoms with van der Waals surface area (Å²) in [5.41, 5.74) is -0.689. The second kappa shape index (κ2) is 7.73. The number of carbonyl (C=O) groups is 1. The molecule has 2 rings (SSSR count). The summed E-state index contributed by atoms with van der Waals surface area (Å²) in [7, 11) is 0. The van der Waals surface area contributed by atoms with E-state index in [1.165, 1.54) is 18.3 Å². The zero-order valence-electron chi connectivity index (χ0n) is 12.1. The number of thiazole rings is 1. The number of nitrogens with zero attached hydrogens (tertiary/aromatic N) is 3. The molecule has 10 heteroatoms. The summed E-state index contributed by atoms with van der Waals surface area (Å²) in [5.74, 6) is 0.271. The van der Waals surface area contributed by atoms with E-state index in [4.69, 9.17) is 0 Å². The van der Waals surface area contributed by atoms with Gasteiger partial charge in [0.15, 0.2) is 10.3 Å². The van der Waals surface area contributed by atoms with E-state index in [0.29, 0.717) is 17.3 Å². The molecular formula is C13H13F3N4OS2. The molecule has 2 heterocycles. The van der Waals surface area contributed by atoms with E-state index in [0.717, 1.165) is 17.8 Å². The minimum atomic E-state index is -4.49. The average molecular weight is 362 g/mol. The van der Waals surface area contributed by atoms with Crippen molar-refractivity contribution >= 4 is 34.1 Å². The van der Waals surface area contributed by atoms with Crippen molar-refractivity contribution in [3.63, 3.8) is 0 Å². The molecule has 0 aromatic carbocycles. The number of hydrogen-bond donors (Lipinski definition) is 1. The Labute approximate surface area is 138 Å². The van der Waals surface area contributed by atoms with Crippen LogP contribution in [0.1, 0.15) is 24.2 Å². The van der Waals surface area contributed by atoms with Crippen molar-refractivity contribution in [2.45, 2.75) is 31.1 Å². The summed E-state index contributed by atoms with van der Waals surface area (Å²) in [6.45, 7) is 1.49. The van der Waals surface area contributed by atoms with Crippen molar-refractivity contribution in [1.82, 2.24) is 15.0 Å². The molecule has 1 amide bonds. The van der Waals surface area contributed by atoms with Crippen LogP contribution in [0.25, 0.3) is 0 Å². The maximum Gasteiger partial charge on any atom is 0.433 e. The van der Waals surface area contributed by atoms with Crippen LogP contribution in [0.4, 0.5) is 18.3 Å². The Morgan fingerprint density at radius 3 is 2.83 bits per heavy atom. The quantitative estimate of drug-likeness (QED) is 0.481. The number of carbonyl (C=O) groups excluding carboxylic acids is 1. The zero-order chi connectivity index (χ0) is 16.9. The van der Waals surface area contributed by atoms with Gasteiger partial charge in [0.05, 0.1) is 0 Å². The predicted octanol–water partition coefficient (Wildman–Crippen LogP) is 3.77. The number of aryl methyl sites for hydroxylation is 1. The van der Waals surface area contributed by atoms with Crippen molar-refractivity contribution in [3.05, 3.63) is 29.0 Å². The standard InChI is InChI=1S/C13H13F3N4OS2/c1-8-7-9(13(14,15)16)19-12(18-8)22-5-2-3-10(21)20-11-17-4-6-23-11/h4,6-7H,2-3,5H2,1H3,(H,17,20,21). The van der Waals surface area contributed by atoms with Gasteiger partial charge in [-0.25, -0.2) is 15.0 Å². The molecule has 0 bridgehead atoms. The monoisotopic (exact) mass is 362 g/mol. The predicted molar refractivity (Wildman–Crippen MR) is 82.5 cm³/mol. The Morgan fingerprint density at radius 2 is 2.17 bits per heavy atom. The van der Waals surface area contributed by atoms with E-state index in [9.17, 15) is 18.0 Å². The lowest BCUT2D eigenvalue weighted by atomic mass is 10.3. The van der Waals surface area contributed by atoms with Gasteiger partial charge in [-0.3, -0.25) is 4.79 Å². The molecule has 124 valence electrons. The number of hydrogen-bond acceptors (Lipinski definition) is 6. The Bertz CT molecular complexity index is 662. The van der Waals surface area contributed by atoms with Crippen LogP contribution < -0.4 is 5.32 Å². The molecule has 0 unspecified atom stereocenters. The molecule has 0 saturated carbocycles. The second-order valence-corrected chi connectivity index (χ2v) is 6.47. The maximum atomic E-state index is 12.7. The normalized spacial score (nSPS) is 11.5. The minimum absolute atomic E-state index is 0.0673. The van der Waals surface area contributed by atoms with Gasteiger partial charge in [-0.2, -0.15) is 13.2 Å². The number of thioether (sulfide) groups is 1. The van der Waals surface area contributed by atoms with E-state index >= 15 is 0 Å². The van der Waals surface area contributed by atoms with Crippen LogP contribution in [0.15, 0.2) is 22.8 Å². The largest absolute Gasteiger partial charge is 0.433 e. The first-order chi connectivity index (χ1) is 10.8. The summed E-state index contributed by atoms with van der Waals surface area (Å²) in [4.78, 5) is 23.0. The number of aromatic nitrogens is 3. The zero-order valence-corrected chi connectivity index (χ0v) is 13.7. The van der Waals surface area contributed by atoms with Crippen molar-refractivity contribution in [2.75, 3.05) is 11.1 Å². The third kappa shape index (κ3) is 5.79. The van der Waals surface area contributed by atoms with Gasteiger partial charge >= 0.3 is 6.18 Å². The number of rotatable bonds is 6. The maximum absolute atomic E-state index is 12.7. The van der Waals surface area contributed by atoms with Crippen LogP contribution in [-0.4, -0.2) is 26.6 Å². The van der Waals surface area contributed by atoms with Crippen LogP contribution in [0.2, 0.25) is 0 Å². The Kier molecular flexibility index (Phi) is 5.94. The highest BCUT2D eigenvalue weighted by Crippen LogP contribution is 2.29. The van der Waals surface area contributed by atoms with Gasteiger partial charge in [-0.15, -0.1) is 11.3 Å². The topological polar surface area (TPSA) is 67.8 Å². The highest BCUT2D eigenvalue weighted by molar-refractivity contribution is 7.99. The Morgan fingerprint density at radius 1 is 1.39 bits per heavy atom. The number of amides is 1. The molecule has 0 aliphatic carbocycles. The first kappa shape index (κ1) is 17.7. The first-order valence-corrected chi connectivity index (χ1v) is 8.46. The molecule has 0 aliphatic rings. The SMILES string of the molecule is Cc1cc(C(F)(F)F)nc(SCCCC(=O)Nc2nccs2)n1. The van der Waals surface area contributed by atoms with Gasteiger partial charge in [0.25, 0.3) is 0 Å². The molecule has 0 fully saturated rings. The molecule has 0 aliphatic heterocycles. The van der Waals surface area contributed by atoms with Gasteiger partial charge in [-0.1, -0.05) is 11.8 Å². The number of alkyl halides is 3. The lowest BCUT2D eigenvalue weighted by Crippen LogP contribution is -2.11. The van der Waals surface area contributed by atoms with Crippen molar-refractivity contribution in [1.29, 1.82) is 0 Å². The summed E-state index contributed by atoms with van der Waals surface area (Å²) >= 11 is 2.42. The molecule has 0 radical (unpaired) electrons. The van der Waals surface area contributed by atoms with Crippen molar-refractivity contribution < 1.29 is 18.0 Å². The van der Waals surface area contributed by atoms with Crippen LogP contribution in [0.3, 0.4) is 0 Å². The summed E-state index contributed by atoms with van der Waals surface area (Å²) in [5, 5.41) is 4.98. The molecule has 2 aromatic heterocycles. The molecule has 1 N–H and O–H groups in total. The van der Waals surface area contributed by atoms with E-state index in [1.807, 2.05) is 0 Å². The summed E-state index contributed by atoms with van der Waals surface area (Å²) in [6, 6.07) is 0.908. The first-order valence-electron chi connectivity index (χ1n) is 6.59. The van der Waals surface area contributed by atoms with Crippen LogP contribution in [0.5, 0.6) is 0 Å². The van der Waals surface area contributed by atoms with Crippen molar-refractivity contribution in [3.8, 4) is 0 Å². The molecule has 5 nitrogen and oxygen atoms in total. The minimum Gasteiger partial charge on any atom is -0.302 e. The van der Waals surface area contributed by atoms with Crippen LogP contribution in [0, 0.1) is 6.92 Å². The third-order valence-corrected chi connectivity index (χ3v) is 4.20. The van der Waals surface area contributed by atoms with Gasteiger partial charge in [0, 0.05) is 29.4 Å². The van der Waals surface area contributed by atoms with Gasteiger partial charge < -0.3 is 5.32 Å². The molecular weight excluding hydrogens is 349 g/mol. The summed E-state index contributed by atoms with van der Waals surface area (Å²) in [6.07, 6.45) is -2.15. The van der Waals surface area contributed by atoms with E-state index in [1.54, 1.807) is 11.6 Å². The van der Waals surface area contributed by atoms with Gasteiger partial charge in [-0.05, 0) is 19.4 Å². The van der Waals surface area contributed by atoms with E-state index in [-0.39, 0.29) is 23.2 Å². The third-order valence-electron chi connectivity index (χ3n) is 2.58. The smallest absolute Gasteiger partial charge is 0.302 e. The van der Waals surface area contributed by atoms with Crippen LogP contribution in [-0.2, 0) is 11.0 Å². The lowest BCUT2D eigenvalue weighted by molar-refractivity contribution is -0.141. The Hall–Kier alpha value is -1.68. The fourth-order valence-electron chi connectivity index (χ4n) is 1.61. The Balaban J connectivity index is 1.80. The number of nitrogens with one attached hydrogen (secondary N) is 1. The second-order valence-electron chi connectivity index (χ2n) is 4.51. The van der Waals surface area contributed by atoms with E-state index in [2.05, 4.69) is 20.3 Å².